The van der Waals surface area contributed by atoms with Crippen LogP contribution in [0, 0.1) is 0 Å². The summed E-state index contributed by atoms with van der Waals surface area (Å²) in [6.07, 6.45) is 3.58. The van der Waals surface area contributed by atoms with E-state index in [0.717, 1.165) is 32.7 Å². The molecule has 0 saturated carbocycles. The summed E-state index contributed by atoms with van der Waals surface area (Å²) in [4.78, 5) is 0. The van der Waals surface area contributed by atoms with Crippen molar-refractivity contribution in [2.75, 3.05) is 0 Å². The second kappa shape index (κ2) is 4.14. The molecule has 0 saturated heterocycles. The normalized spacial score (nSPS) is 9.67. The monoisotopic (exact) mass is 196 g/mol. The highest BCUT2D eigenvalue weighted by atomic mass is 14.1. The van der Waals surface area contributed by atoms with Gasteiger partial charge in [0.2, 0.25) is 0 Å². The van der Waals surface area contributed by atoms with E-state index in [0.29, 0.717) is 0 Å². The van der Waals surface area contributed by atoms with Gasteiger partial charge in [-0.3, -0.25) is 0 Å². The summed E-state index contributed by atoms with van der Waals surface area (Å²) >= 11 is 0. The molecule has 0 spiro atoms. The Morgan fingerprint density at radius 1 is 1.13 bits per heavy atom. The fourth-order valence-corrected chi connectivity index (χ4v) is 1.67. The Hall–Kier alpha value is -1.82. The lowest BCUT2D eigenvalue weighted by Crippen LogP contribution is -2.19. The molecule has 0 aliphatic rings. The van der Waals surface area contributed by atoms with Gasteiger partial charge < -0.3 is 0 Å². The van der Waals surface area contributed by atoms with E-state index in [1.54, 1.807) is 12.2 Å². The quantitative estimate of drug-likeness (QED) is 0.697. The highest BCUT2D eigenvalue weighted by Crippen LogP contribution is 2.09. The molecule has 0 amide bonds. The van der Waals surface area contributed by atoms with Crippen molar-refractivity contribution >= 4 is 30.9 Å². The molecule has 0 fully saturated rings. The third kappa shape index (κ3) is 1.84. The van der Waals surface area contributed by atoms with E-state index >= 15 is 0 Å². The molecule has 0 N–H and O–H groups in total. The molecule has 1 aromatic carbocycles. The predicted molar refractivity (Wildman–Crippen MR) is 71.6 cm³/mol. The summed E-state index contributed by atoms with van der Waals surface area (Å²) in [5.74, 6) is 0. The molecule has 0 heteroatoms. The molecule has 1 aromatic rings. The predicted octanol–water partition coefficient (Wildman–Crippen LogP) is 2.83. The van der Waals surface area contributed by atoms with E-state index in [-0.39, 0.29) is 0 Å². The summed E-state index contributed by atoms with van der Waals surface area (Å²) in [5, 5.41) is 1.88. The standard InChI is InChI=1S/C15H16/c1-7-13-11(5)9-15(10(3)4)12(6)14(13)8-2/h7-9H,1-3,5-6H2,4H3. The number of hydrogen-bond acceptors (Lipinski definition) is 0. The van der Waals surface area contributed by atoms with Gasteiger partial charge in [0.1, 0.15) is 0 Å². The molecule has 0 aliphatic heterocycles. The summed E-state index contributed by atoms with van der Waals surface area (Å²) in [6.45, 7) is 21.5. The molecule has 0 heterocycles. The number of hydrogen-bond donors (Lipinski definition) is 0. The Morgan fingerprint density at radius 3 is 2.07 bits per heavy atom. The first kappa shape index (κ1) is 11.3. The topological polar surface area (TPSA) is 0 Å². The summed E-state index contributed by atoms with van der Waals surface area (Å²) in [6, 6.07) is 1.99. The first-order valence-corrected chi connectivity index (χ1v) is 4.78. The van der Waals surface area contributed by atoms with Crippen LogP contribution in [0.3, 0.4) is 0 Å². The fraction of sp³-hybridized carbons (Fsp3) is 0.0667. The average molecular weight is 196 g/mol. The van der Waals surface area contributed by atoms with Crippen molar-refractivity contribution in [2.45, 2.75) is 6.92 Å². The highest BCUT2D eigenvalue weighted by molar-refractivity contribution is 5.72. The van der Waals surface area contributed by atoms with Crippen molar-refractivity contribution in [3.05, 3.63) is 52.9 Å². The molecule has 0 radical (unpaired) electrons. The van der Waals surface area contributed by atoms with E-state index in [1.165, 1.54) is 0 Å². The zero-order valence-corrected chi connectivity index (χ0v) is 9.27. The van der Waals surface area contributed by atoms with Crippen molar-refractivity contribution in [1.82, 2.24) is 0 Å². The Morgan fingerprint density at radius 2 is 1.67 bits per heavy atom. The van der Waals surface area contributed by atoms with Crippen LogP contribution in [0.4, 0.5) is 0 Å². The minimum Gasteiger partial charge on any atom is -0.0984 e. The van der Waals surface area contributed by atoms with Gasteiger partial charge in [0, 0.05) is 0 Å². The number of benzene rings is 1. The van der Waals surface area contributed by atoms with Gasteiger partial charge in [0.25, 0.3) is 0 Å². The van der Waals surface area contributed by atoms with Crippen LogP contribution in [0.25, 0.3) is 30.9 Å². The Kier molecular flexibility index (Phi) is 3.11. The van der Waals surface area contributed by atoms with Crippen LogP contribution in [0.1, 0.15) is 23.6 Å². The number of rotatable bonds is 3. The molecule has 0 aliphatic carbocycles. The molecule has 15 heavy (non-hydrogen) atoms. The second-order valence-electron chi connectivity index (χ2n) is 3.58. The van der Waals surface area contributed by atoms with Gasteiger partial charge in [-0.25, -0.2) is 0 Å². The number of allylic oxidation sites excluding steroid dienone is 1. The molecule has 0 bridgehead atoms. The van der Waals surface area contributed by atoms with Gasteiger partial charge in [-0.2, -0.15) is 0 Å². The Bertz CT molecular complexity index is 530. The van der Waals surface area contributed by atoms with E-state index in [2.05, 4.69) is 32.9 Å². The highest BCUT2D eigenvalue weighted by Gasteiger charge is 2.03. The van der Waals surface area contributed by atoms with Gasteiger partial charge >= 0.3 is 0 Å². The lowest BCUT2D eigenvalue weighted by molar-refractivity contribution is 1.43. The molecular formula is C15H16. The second-order valence-corrected chi connectivity index (χ2v) is 3.58. The first-order chi connectivity index (χ1) is 7.02. The third-order valence-corrected chi connectivity index (χ3v) is 2.47. The first-order valence-electron chi connectivity index (χ1n) is 4.78. The van der Waals surface area contributed by atoms with Crippen LogP contribution in [0.15, 0.2) is 25.8 Å². The summed E-state index contributed by atoms with van der Waals surface area (Å²) < 4.78 is 0. The van der Waals surface area contributed by atoms with Crippen molar-refractivity contribution < 1.29 is 0 Å². The maximum absolute atomic E-state index is 4.05. The van der Waals surface area contributed by atoms with Crippen molar-refractivity contribution in [1.29, 1.82) is 0 Å². The van der Waals surface area contributed by atoms with Gasteiger partial charge in [-0.1, -0.05) is 50.6 Å². The minimum absolute atomic E-state index is 0.935. The summed E-state index contributed by atoms with van der Waals surface area (Å²) in [5.41, 5.74) is 4.03. The smallest absolute Gasteiger partial charge is 0.0112 e. The molecule has 76 valence electrons. The van der Waals surface area contributed by atoms with Gasteiger partial charge in [-0.05, 0) is 40.1 Å². The van der Waals surface area contributed by atoms with E-state index < -0.39 is 0 Å². The molecule has 1 rings (SSSR count). The Balaban J connectivity index is 3.83. The zero-order valence-electron chi connectivity index (χ0n) is 9.27. The average Bonchev–Trinajstić information content (AvgIpc) is 2.19. The van der Waals surface area contributed by atoms with Crippen LogP contribution < -0.4 is 10.4 Å². The fourth-order valence-electron chi connectivity index (χ4n) is 1.67. The van der Waals surface area contributed by atoms with E-state index in [1.807, 2.05) is 13.0 Å². The van der Waals surface area contributed by atoms with Gasteiger partial charge in [0.05, 0.1) is 0 Å². The van der Waals surface area contributed by atoms with Gasteiger partial charge in [-0.15, -0.1) is 0 Å². The zero-order chi connectivity index (χ0) is 11.6. The van der Waals surface area contributed by atoms with E-state index in [9.17, 15) is 0 Å². The lowest BCUT2D eigenvalue weighted by atomic mass is 9.96. The van der Waals surface area contributed by atoms with Crippen LogP contribution in [0.2, 0.25) is 0 Å². The molecular weight excluding hydrogens is 180 g/mol. The minimum atomic E-state index is 0.935. The molecule has 0 unspecified atom stereocenters. The van der Waals surface area contributed by atoms with Gasteiger partial charge in [0.15, 0.2) is 0 Å². The Labute approximate surface area is 91.3 Å². The largest absolute Gasteiger partial charge is 0.0984 e. The maximum Gasteiger partial charge on any atom is -0.0112 e. The summed E-state index contributed by atoms with van der Waals surface area (Å²) in [7, 11) is 0. The van der Waals surface area contributed by atoms with Crippen LogP contribution in [0.5, 0.6) is 0 Å². The molecule has 0 aromatic heterocycles. The maximum atomic E-state index is 4.05. The molecule has 0 nitrogen and oxygen atoms in total. The third-order valence-electron chi connectivity index (χ3n) is 2.47. The lowest BCUT2D eigenvalue weighted by Gasteiger charge is -2.08. The van der Waals surface area contributed by atoms with Crippen molar-refractivity contribution in [3.8, 4) is 0 Å². The van der Waals surface area contributed by atoms with Crippen molar-refractivity contribution in [3.63, 3.8) is 0 Å². The molecule has 0 atom stereocenters. The van der Waals surface area contributed by atoms with E-state index in [4.69, 9.17) is 0 Å². The van der Waals surface area contributed by atoms with Crippen LogP contribution >= 0.6 is 0 Å². The SMILES string of the molecule is C=Cc1c(C=C)c(=C)c(C(=C)C)cc1=C. The van der Waals surface area contributed by atoms with Crippen LogP contribution in [-0.2, 0) is 0 Å². The van der Waals surface area contributed by atoms with Crippen molar-refractivity contribution in [2.24, 2.45) is 0 Å². The van der Waals surface area contributed by atoms with Crippen LogP contribution in [-0.4, -0.2) is 0 Å².